The molecule has 2 aliphatic rings. The van der Waals surface area contributed by atoms with Gasteiger partial charge in [0.2, 0.25) is 5.91 Å². The van der Waals surface area contributed by atoms with E-state index in [4.69, 9.17) is 0 Å². The van der Waals surface area contributed by atoms with E-state index in [-0.39, 0.29) is 17.8 Å². The number of carbonyl (C=O) groups excluding carboxylic acids is 1. The molecule has 2 aliphatic heterocycles. The molecule has 1 amide bonds. The Balaban J connectivity index is 1.61. The zero-order valence-corrected chi connectivity index (χ0v) is 13.5. The zero-order valence-electron chi connectivity index (χ0n) is 13.5. The molecule has 124 valence electrons. The summed E-state index contributed by atoms with van der Waals surface area (Å²) in [6.45, 7) is 0.774. The Kier molecular flexibility index (Phi) is 3.85. The molecule has 3 nitrogen and oxygen atoms in total. The first-order chi connectivity index (χ1) is 11.7. The second-order valence-corrected chi connectivity index (χ2v) is 6.78. The molecule has 2 aromatic carbocycles. The van der Waals surface area contributed by atoms with Crippen molar-refractivity contribution in [2.24, 2.45) is 0 Å². The third-order valence-corrected chi connectivity index (χ3v) is 5.28. The first-order valence-electron chi connectivity index (χ1n) is 8.59. The van der Waals surface area contributed by atoms with Gasteiger partial charge in [-0.15, -0.1) is 0 Å². The van der Waals surface area contributed by atoms with Crippen LogP contribution in [-0.4, -0.2) is 18.0 Å². The third kappa shape index (κ3) is 2.61. The molecule has 2 saturated heterocycles. The van der Waals surface area contributed by atoms with Crippen molar-refractivity contribution in [1.29, 1.82) is 0 Å². The minimum absolute atomic E-state index is 0.126. The van der Waals surface area contributed by atoms with E-state index in [2.05, 4.69) is 16.7 Å². The number of halogens is 1. The van der Waals surface area contributed by atoms with Gasteiger partial charge < -0.3 is 5.32 Å². The average molecular weight is 324 g/mol. The fourth-order valence-corrected chi connectivity index (χ4v) is 3.99. The van der Waals surface area contributed by atoms with Crippen molar-refractivity contribution in [1.82, 2.24) is 10.6 Å². The summed E-state index contributed by atoms with van der Waals surface area (Å²) in [5.41, 5.74) is 2.19. The van der Waals surface area contributed by atoms with Crippen LogP contribution in [0.1, 0.15) is 37.3 Å². The lowest BCUT2D eigenvalue weighted by molar-refractivity contribution is -0.129. The van der Waals surface area contributed by atoms with Crippen LogP contribution in [0.5, 0.6) is 0 Å². The number of piperidine rings is 1. The van der Waals surface area contributed by atoms with Crippen LogP contribution in [0.4, 0.5) is 4.39 Å². The zero-order chi connectivity index (χ0) is 16.6. The van der Waals surface area contributed by atoms with Crippen LogP contribution in [0.25, 0.3) is 11.1 Å². The fraction of sp³-hybridized carbons (Fsp3) is 0.350. The molecule has 2 fully saturated rings. The van der Waals surface area contributed by atoms with Crippen LogP contribution in [-0.2, 0) is 4.79 Å². The molecule has 2 N–H and O–H groups in total. The topological polar surface area (TPSA) is 41.1 Å². The molecule has 4 rings (SSSR count). The van der Waals surface area contributed by atoms with Gasteiger partial charge in [0.05, 0.1) is 5.54 Å². The maximum Gasteiger partial charge on any atom is 0.240 e. The molecule has 2 aromatic rings. The lowest BCUT2D eigenvalue weighted by atomic mass is 9.88. The van der Waals surface area contributed by atoms with Gasteiger partial charge in [0.1, 0.15) is 5.82 Å². The summed E-state index contributed by atoms with van der Waals surface area (Å²) in [6.07, 6.45) is 3.69. The molecule has 2 heterocycles. The standard InChI is InChI=1S/C20H21FN2O/c21-17-8-2-1-7-16(17)14-5-3-6-15(13-14)18-9-11-20(23-18)10-4-12-22-19(20)24/h1-3,5-8,13,18,23H,4,9-12H2,(H,22,24)/t18-,20+/m0/s1. The van der Waals surface area contributed by atoms with Crippen LogP contribution in [0.2, 0.25) is 0 Å². The Hall–Kier alpha value is -2.20. The highest BCUT2D eigenvalue weighted by Crippen LogP contribution is 2.38. The third-order valence-electron chi connectivity index (χ3n) is 5.28. The Morgan fingerprint density at radius 1 is 1.08 bits per heavy atom. The summed E-state index contributed by atoms with van der Waals surface area (Å²) < 4.78 is 14.1. The molecule has 4 heteroatoms. The van der Waals surface area contributed by atoms with Crippen molar-refractivity contribution in [3.63, 3.8) is 0 Å². The van der Waals surface area contributed by atoms with Crippen LogP contribution in [0.15, 0.2) is 48.5 Å². The highest BCUT2D eigenvalue weighted by molar-refractivity contribution is 5.87. The minimum Gasteiger partial charge on any atom is -0.354 e. The van der Waals surface area contributed by atoms with Crippen LogP contribution < -0.4 is 10.6 Å². The van der Waals surface area contributed by atoms with Gasteiger partial charge in [-0.3, -0.25) is 10.1 Å². The molecule has 0 aliphatic carbocycles. The molecule has 0 saturated carbocycles. The van der Waals surface area contributed by atoms with E-state index in [0.717, 1.165) is 43.4 Å². The van der Waals surface area contributed by atoms with E-state index >= 15 is 0 Å². The summed E-state index contributed by atoms with van der Waals surface area (Å²) in [4.78, 5) is 12.3. The lowest BCUT2D eigenvalue weighted by Crippen LogP contribution is -2.57. The highest BCUT2D eigenvalue weighted by Gasteiger charge is 2.46. The molecule has 24 heavy (non-hydrogen) atoms. The normalized spacial score (nSPS) is 26.5. The van der Waals surface area contributed by atoms with Gasteiger partial charge in [0.15, 0.2) is 0 Å². The Morgan fingerprint density at radius 2 is 1.96 bits per heavy atom. The fourth-order valence-electron chi connectivity index (χ4n) is 3.99. The molecule has 1 spiro atoms. The highest BCUT2D eigenvalue weighted by atomic mass is 19.1. The van der Waals surface area contributed by atoms with Gasteiger partial charge in [-0.05, 0) is 48.9 Å². The van der Waals surface area contributed by atoms with Crippen molar-refractivity contribution in [2.45, 2.75) is 37.3 Å². The number of nitrogens with one attached hydrogen (secondary N) is 2. The monoisotopic (exact) mass is 324 g/mol. The van der Waals surface area contributed by atoms with Crippen LogP contribution >= 0.6 is 0 Å². The van der Waals surface area contributed by atoms with Crippen molar-refractivity contribution in [2.75, 3.05) is 6.54 Å². The first kappa shape index (κ1) is 15.3. The van der Waals surface area contributed by atoms with Gasteiger partial charge in [-0.25, -0.2) is 4.39 Å². The molecule has 0 unspecified atom stereocenters. The van der Waals surface area contributed by atoms with Gasteiger partial charge >= 0.3 is 0 Å². The maximum absolute atomic E-state index is 14.1. The van der Waals surface area contributed by atoms with Crippen molar-refractivity contribution >= 4 is 5.91 Å². The van der Waals surface area contributed by atoms with Crippen molar-refractivity contribution in [3.05, 3.63) is 59.9 Å². The van der Waals surface area contributed by atoms with Gasteiger partial charge in [-0.1, -0.05) is 36.4 Å². The van der Waals surface area contributed by atoms with E-state index in [1.54, 1.807) is 12.1 Å². The minimum atomic E-state index is -0.420. The maximum atomic E-state index is 14.1. The first-order valence-corrected chi connectivity index (χ1v) is 8.59. The number of amides is 1. The Labute approximate surface area is 141 Å². The largest absolute Gasteiger partial charge is 0.354 e. The predicted molar refractivity (Wildman–Crippen MR) is 91.9 cm³/mol. The van der Waals surface area contributed by atoms with E-state index in [0.29, 0.717) is 5.56 Å². The van der Waals surface area contributed by atoms with Gasteiger partial charge in [0.25, 0.3) is 0 Å². The van der Waals surface area contributed by atoms with Crippen LogP contribution in [0.3, 0.4) is 0 Å². The van der Waals surface area contributed by atoms with Gasteiger partial charge in [0, 0.05) is 18.2 Å². The van der Waals surface area contributed by atoms with Crippen molar-refractivity contribution < 1.29 is 9.18 Å². The molecule has 0 radical (unpaired) electrons. The molecule has 0 bridgehead atoms. The second kappa shape index (κ2) is 6.02. The number of carbonyl (C=O) groups is 1. The van der Waals surface area contributed by atoms with E-state index in [1.807, 2.05) is 24.3 Å². The average Bonchev–Trinajstić information content (AvgIpc) is 3.03. The van der Waals surface area contributed by atoms with Gasteiger partial charge in [-0.2, -0.15) is 0 Å². The summed E-state index contributed by atoms with van der Waals surface area (Å²) in [5.74, 6) is -0.0846. The number of hydrogen-bond donors (Lipinski definition) is 2. The van der Waals surface area contributed by atoms with Crippen molar-refractivity contribution in [3.8, 4) is 11.1 Å². The number of rotatable bonds is 2. The summed E-state index contributed by atoms with van der Waals surface area (Å²) in [6, 6.07) is 15.0. The van der Waals surface area contributed by atoms with E-state index in [9.17, 15) is 9.18 Å². The molecular formula is C20H21FN2O. The number of benzene rings is 2. The predicted octanol–water partition coefficient (Wildman–Crippen LogP) is 3.57. The Morgan fingerprint density at radius 3 is 2.79 bits per heavy atom. The van der Waals surface area contributed by atoms with E-state index in [1.165, 1.54) is 6.07 Å². The second-order valence-electron chi connectivity index (χ2n) is 6.78. The summed E-state index contributed by atoms with van der Waals surface area (Å²) in [7, 11) is 0. The number of hydrogen-bond acceptors (Lipinski definition) is 2. The summed E-state index contributed by atoms with van der Waals surface area (Å²) >= 11 is 0. The molecule has 0 aromatic heterocycles. The lowest BCUT2D eigenvalue weighted by Gasteiger charge is -2.33. The summed E-state index contributed by atoms with van der Waals surface area (Å²) in [5, 5.41) is 6.54. The SMILES string of the molecule is O=C1NCCC[C@@]12CC[C@@H](c1cccc(-c3ccccc3F)c1)N2. The van der Waals surface area contributed by atoms with Crippen LogP contribution in [0, 0.1) is 5.82 Å². The molecule has 2 atom stereocenters. The smallest absolute Gasteiger partial charge is 0.240 e. The Bertz CT molecular complexity index is 776. The van der Waals surface area contributed by atoms with E-state index < -0.39 is 5.54 Å². The molecular weight excluding hydrogens is 303 g/mol. The quantitative estimate of drug-likeness (QED) is 0.887.